The Morgan fingerprint density at radius 1 is 1.29 bits per heavy atom. The molecule has 0 saturated heterocycles. The minimum atomic E-state index is -3.75. The largest absolute Gasteiger partial charge is 0.495 e. The van der Waals surface area contributed by atoms with E-state index in [0.29, 0.717) is 17.1 Å². The van der Waals surface area contributed by atoms with Crippen LogP contribution in [0.5, 0.6) is 5.75 Å². The van der Waals surface area contributed by atoms with E-state index in [1.807, 2.05) is 0 Å². The lowest BCUT2D eigenvalue weighted by molar-refractivity contribution is 0.414. The molecule has 8 heteroatoms. The number of nitrogens with one attached hydrogen (secondary N) is 1. The molecular formula is C13H16ClN3O3S. The molecule has 1 aromatic heterocycles. The average Bonchev–Trinajstić information content (AvgIpc) is 2.69. The van der Waals surface area contributed by atoms with Crippen LogP contribution in [0.15, 0.2) is 23.1 Å². The first-order chi connectivity index (χ1) is 9.74. The summed E-state index contributed by atoms with van der Waals surface area (Å²) in [6, 6.07) is 4.62. The molecule has 1 heterocycles. The molecule has 2 aromatic rings. The van der Waals surface area contributed by atoms with Gasteiger partial charge in [-0.15, -0.1) is 0 Å². The van der Waals surface area contributed by atoms with Crippen molar-refractivity contribution in [1.29, 1.82) is 0 Å². The molecule has 0 aliphatic heterocycles. The Balaban J connectivity index is 2.45. The van der Waals surface area contributed by atoms with Crippen molar-refractivity contribution in [1.82, 2.24) is 9.78 Å². The monoisotopic (exact) mass is 329 g/mol. The summed E-state index contributed by atoms with van der Waals surface area (Å²) in [6.45, 7) is 3.47. The van der Waals surface area contributed by atoms with Gasteiger partial charge < -0.3 is 4.74 Å². The third-order valence-electron chi connectivity index (χ3n) is 2.98. The first kappa shape index (κ1) is 15.7. The van der Waals surface area contributed by atoms with Gasteiger partial charge in [-0.3, -0.25) is 9.40 Å². The Bertz CT molecular complexity index is 784. The van der Waals surface area contributed by atoms with E-state index in [0.717, 1.165) is 5.69 Å². The molecule has 0 fully saturated rings. The van der Waals surface area contributed by atoms with Gasteiger partial charge in [-0.05, 0) is 31.5 Å². The molecule has 0 unspecified atom stereocenters. The van der Waals surface area contributed by atoms with E-state index >= 15 is 0 Å². The highest BCUT2D eigenvalue weighted by Crippen LogP contribution is 2.31. The SMILES string of the molecule is COc1cc(C)c(S(=O)(=O)Nc2cc(C)nn2C)cc1Cl. The highest BCUT2D eigenvalue weighted by molar-refractivity contribution is 7.92. The topological polar surface area (TPSA) is 73.2 Å². The zero-order valence-corrected chi connectivity index (χ0v) is 13.7. The van der Waals surface area contributed by atoms with E-state index in [2.05, 4.69) is 9.82 Å². The summed E-state index contributed by atoms with van der Waals surface area (Å²) in [4.78, 5) is 0.104. The second kappa shape index (κ2) is 5.57. The van der Waals surface area contributed by atoms with E-state index in [1.54, 1.807) is 33.0 Å². The predicted molar refractivity (Wildman–Crippen MR) is 81.5 cm³/mol. The van der Waals surface area contributed by atoms with Gasteiger partial charge in [-0.2, -0.15) is 5.10 Å². The lowest BCUT2D eigenvalue weighted by Crippen LogP contribution is -2.16. The smallest absolute Gasteiger partial charge is 0.263 e. The molecular weight excluding hydrogens is 314 g/mol. The maximum Gasteiger partial charge on any atom is 0.263 e. The number of rotatable bonds is 4. The number of benzene rings is 1. The van der Waals surface area contributed by atoms with Crippen molar-refractivity contribution in [2.45, 2.75) is 18.7 Å². The molecule has 0 aliphatic carbocycles. The van der Waals surface area contributed by atoms with Gasteiger partial charge >= 0.3 is 0 Å². The van der Waals surface area contributed by atoms with Gasteiger partial charge in [0.05, 0.1) is 22.7 Å². The van der Waals surface area contributed by atoms with E-state index in [4.69, 9.17) is 16.3 Å². The van der Waals surface area contributed by atoms with Crippen molar-refractivity contribution in [2.24, 2.45) is 7.05 Å². The number of aromatic nitrogens is 2. The zero-order valence-electron chi connectivity index (χ0n) is 12.1. The lowest BCUT2D eigenvalue weighted by atomic mass is 10.2. The Labute approximate surface area is 128 Å². The van der Waals surface area contributed by atoms with Crippen LogP contribution < -0.4 is 9.46 Å². The van der Waals surface area contributed by atoms with Crippen LogP contribution in [0.25, 0.3) is 0 Å². The van der Waals surface area contributed by atoms with E-state index in [1.165, 1.54) is 17.9 Å². The van der Waals surface area contributed by atoms with Crippen molar-refractivity contribution < 1.29 is 13.2 Å². The van der Waals surface area contributed by atoms with Crippen LogP contribution >= 0.6 is 11.6 Å². The van der Waals surface area contributed by atoms with Crippen LogP contribution in [0.3, 0.4) is 0 Å². The highest BCUT2D eigenvalue weighted by Gasteiger charge is 2.21. The van der Waals surface area contributed by atoms with Crippen molar-refractivity contribution >= 4 is 27.4 Å². The molecule has 21 heavy (non-hydrogen) atoms. The van der Waals surface area contributed by atoms with Gasteiger partial charge in [-0.25, -0.2) is 8.42 Å². The molecule has 2 rings (SSSR count). The van der Waals surface area contributed by atoms with Gasteiger partial charge in [0.1, 0.15) is 11.6 Å². The summed E-state index contributed by atoms with van der Waals surface area (Å²) >= 11 is 6.01. The van der Waals surface area contributed by atoms with Gasteiger partial charge in [0.25, 0.3) is 10.0 Å². The molecule has 1 N–H and O–H groups in total. The molecule has 0 aliphatic rings. The van der Waals surface area contributed by atoms with Gasteiger partial charge in [0.2, 0.25) is 0 Å². The van der Waals surface area contributed by atoms with Gasteiger partial charge in [-0.1, -0.05) is 11.6 Å². The van der Waals surface area contributed by atoms with Crippen LogP contribution in [0.1, 0.15) is 11.3 Å². The minimum absolute atomic E-state index is 0.104. The molecule has 1 aromatic carbocycles. The summed E-state index contributed by atoms with van der Waals surface area (Å²) in [6.07, 6.45) is 0. The first-order valence-electron chi connectivity index (χ1n) is 6.12. The summed E-state index contributed by atoms with van der Waals surface area (Å²) in [5, 5.41) is 4.34. The predicted octanol–water partition coefficient (Wildman–Crippen LogP) is 2.50. The Morgan fingerprint density at radius 3 is 2.48 bits per heavy atom. The maximum atomic E-state index is 12.5. The third kappa shape index (κ3) is 3.14. The van der Waals surface area contributed by atoms with Crippen molar-refractivity contribution in [3.8, 4) is 5.75 Å². The first-order valence-corrected chi connectivity index (χ1v) is 7.98. The number of ether oxygens (including phenoxy) is 1. The van der Waals surface area contributed by atoms with Gasteiger partial charge in [0.15, 0.2) is 0 Å². The van der Waals surface area contributed by atoms with Crippen LogP contribution in [-0.4, -0.2) is 25.3 Å². The second-order valence-electron chi connectivity index (χ2n) is 4.65. The normalized spacial score (nSPS) is 11.5. The van der Waals surface area contributed by atoms with E-state index < -0.39 is 10.0 Å². The van der Waals surface area contributed by atoms with Crippen LogP contribution in [0, 0.1) is 13.8 Å². The summed E-state index contributed by atoms with van der Waals surface area (Å²) in [5.41, 5.74) is 1.27. The summed E-state index contributed by atoms with van der Waals surface area (Å²) in [7, 11) is -0.608. The maximum absolute atomic E-state index is 12.5. The van der Waals surface area contributed by atoms with Crippen LogP contribution in [-0.2, 0) is 17.1 Å². The van der Waals surface area contributed by atoms with Crippen molar-refractivity contribution in [2.75, 3.05) is 11.8 Å². The second-order valence-corrected chi connectivity index (χ2v) is 6.71. The number of hydrogen-bond acceptors (Lipinski definition) is 4. The number of aryl methyl sites for hydroxylation is 3. The number of halogens is 1. The number of anilines is 1. The Kier molecular flexibility index (Phi) is 4.15. The molecule has 6 nitrogen and oxygen atoms in total. The standard InChI is InChI=1S/C13H16ClN3O3S/c1-8-5-11(20-4)10(14)7-12(8)21(18,19)16-13-6-9(2)15-17(13)3/h5-7,16H,1-4H3. The zero-order chi connectivity index (χ0) is 15.8. The number of nitrogens with zero attached hydrogens (tertiary/aromatic N) is 2. The van der Waals surface area contributed by atoms with Crippen LogP contribution in [0.2, 0.25) is 5.02 Å². The quantitative estimate of drug-likeness (QED) is 0.935. The van der Waals surface area contributed by atoms with Crippen molar-refractivity contribution in [3.63, 3.8) is 0 Å². The average molecular weight is 330 g/mol. The van der Waals surface area contributed by atoms with E-state index in [-0.39, 0.29) is 9.92 Å². The van der Waals surface area contributed by atoms with Crippen molar-refractivity contribution in [3.05, 3.63) is 34.5 Å². The molecule has 0 bridgehead atoms. The van der Waals surface area contributed by atoms with Crippen LogP contribution in [0.4, 0.5) is 5.82 Å². The fourth-order valence-corrected chi connectivity index (χ4v) is 3.62. The minimum Gasteiger partial charge on any atom is -0.495 e. The molecule has 0 atom stereocenters. The van der Waals surface area contributed by atoms with Gasteiger partial charge in [0, 0.05) is 13.1 Å². The molecule has 0 saturated carbocycles. The fourth-order valence-electron chi connectivity index (χ4n) is 1.98. The number of methoxy groups -OCH3 is 1. The molecule has 0 radical (unpaired) electrons. The molecule has 0 spiro atoms. The Morgan fingerprint density at radius 2 is 1.95 bits per heavy atom. The number of sulfonamides is 1. The molecule has 0 amide bonds. The van der Waals surface area contributed by atoms with E-state index in [9.17, 15) is 8.42 Å². The number of hydrogen-bond donors (Lipinski definition) is 1. The highest BCUT2D eigenvalue weighted by atomic mass is 35.5. The Hall–Kier alpha value is -1.73. The molecule has 114 valence electrons. The lowest BCUT2D eigenvalue weighted by Gasteiger charge is -2.12. The summed E-state index contributed by atoms with van der Waals surface area (Å²) < 4.78 is 34.0. The summed E-state index contributed by atoms with van der Waals surface area (Å²) in [5.74, 6) is 0.823. The fraction of sp³-hybridized carbons (Fsp3) is 0.308. The third-order valence-corrected chi connectivity index (χ3v) is 4.77.